The van der Waals surface area contributed by atoms with Crippen molar-refractivity contribution in [2.45, 2.75) is 12.6 Å². The third-order valence-corrected chi connectivity index (χ3v) is 6.17. The van der Waals surface area contributed by atoms with Crippen molar-refractivity contribution in [3.63, 3.8) is 0 Å². The predicted octanol–water partition coefficient (Wildman–Crippen LogP) is 5.30. The van der Waals surface area contributed by atoms with E-state index in [0.717, 1.165) is 36.9 Å². The number of benzene rings is 3. The fourth-order valence-electron chi connectivity index (χ4n) is 4.27. The molecule has 0 unspecified atom stereocenters. The number of hydrogen-bond donors (Lipinski definition) is 0. The minimum Gasteiger partial charge on any atom is -0.491 e. The van der Waals surface area contributed by atoms with Gasteiger partial charge in [-0.3, -0.25) is 4.90 Å². The average molecular weight is 462 g/mol. The summed E-state index contributed by atoms with van der Waals surface area (Å²) in [6, 6.07) is 26.8. The molecule has 3 aromatic rings. The first-order chi connectivity index (χ1) is 16.2. The zero-order valence-electron chi connectivity index (χ0n) is 18.8. The molecule has 0 bridgehead atoms. The molecule has 1 heterocycles. The molecule has 6 heteroatoms. The Morgan fingerprint density at radius 1 is 1.00 bits per heavy atom. The van der Waals surface area contributed by atoms with Gasteiger partial charge in [0.25, 0.3) is 0 Å². The number of piperazine rings is 1. The van der Waals surface area contributed by atoms with Crippen molar-refractivity contribution in [3.05, 3.63) is 94.5 Å². The first kappa shape index (κ1) is 23.1. The third-order valence-electron chi connectivity index (χ3n) is 5.92. The van der Waals surface area contributed by atoms with Crippen molar-refractivity contribution < 1.29 is 9.47 Å². The molecule has 0 amide bonds. The number of halogens is 1. The van der Waals surface area contributed by atoms with Gasteiger partial charge in [-0.25, -0.2) is 0 Å². The fraction of sp³-hybridized carbons (Fsp3) is 0.296. The van der Waals surface area contributed by atoms with Gasteiger partial charge in [-0.1, -0.05) is 54.1 Å². The lowest BCUT2D eigenvalue weighted by atomic mass is 9.99. The summed E-state index contributed by atoms with van der Waals surface area (Å²) in [4.78, 5) is 4.81. The highest BCUT2D eigenvalue weighted by Crippen LogP contribution is 2.35. The van der Waals surface area contributed by atoms with Gasteiger partial charge in [-0.15, -0.1) is 0 Å². The third kappa shape index (κ3) is 5.85. The van der Waals surface area contributed by atoms with Crippen LogP contribution in [0.25, 0.3) is 0 Å². The quantitative estimate of drug-likeness (QED) is 0.426. The molecule has 4 rings (SSSR count). The number of ether oxygens (including phenoxy) is 2. The number of methoxy groups -OCH3 is 1. The molecule has 0 N–H and O–H groups in total. The molecular weight excluding hydrogens is 434 g/mol. The smallest absolute Gasteiger partial charge is 0.120 e. The number of rotatable bonds is 8. The lowest BCUT2D eigenvalue weighted by Crippen LogP contribution is -2.48. The molecule has 1 atom stereocenters. The van der Waals surface area contributed by atoms with E-state index in [1.165, 1.54) is 11.1 Å². The predicted molar refractivity (Wildman–Crippen MR) is 132 cm³/mol. The summed E-state index contributed by atoms with van der Waals surface area (Å²) >= 11 is 6.17. The summed E-state index contributed by atoms with van der Waals surface area (Å²) in [6.45, 7) is 4.44. The Hall–Kier alpha value is -3.04. The fourth-order valence-corrected chi connectivity index (χ4v) is 4.40. The van der Waals surface area contributed by atoms with E-state index >= 15 is 0 Å². The Balaban J connectivity index is 1.60. The normalized spacial score (nSPS) is 16.4. The van der Waals surface area contributed by atoms with Crippen molar-refractivity contribution >= 4 is 17.3 Å². The second-order valence-electron chi connectivity index (χ2n) is 8.11. The molecule has 0 saturated carbocycles. The molecule has 0 aliphatic carbocycles. The minimum atomic E-state index is 0.104. The van der Waals surface area contributed by atoms with Crippen LogP contribution in [0.3, 0.4) is 0 Å². The first-order valence-corrected chi connectivity index (χ1v) is 11.5. The molecule has 170 valence electrons. The van der Waals surface area contributed by atoms with Crippen LogP contribution >= 0.6 is 11.6 Å². The van der Waals surface area contributed by atoms with Crippen LogP contribution < -0.4 is 9.64 Å². The molecule has 1 aliphatic heterocycles. The standard InChI is InChI=1S/C27H28ClN3O2/c1-32-15-16-33-25-11-12-26(23(17-25)18-29)31-14-13-30(19-21-5-3-2-4-6-21)20-27(31)22-7-9-24(28)10-8-22/h2-12,17,27H,13-16,19-20H2,1H3/t27-/m0/s1. The Labute approximate surface area is 200 Å². The van der Waals surface area contributed by atoms with Crippen molar-refractivity contribution in [2.24, 2.45) is 0 Å². The Morgan fingerprint density at radius 2 is 1.79 bits per heavy atom. The van der Waals surface area contributed by atoms with Crippen LogP contribution in [0, 0.1) is 11.3 Å². The van der Waals surface area contributed by atoms with E-state index in [4.69, 9.17) is 21.1 Å². The maximum atomic E-state index is 9.90. The van der Waals surface area contributed by atoms with Crippen LogP contribution in [0.4, 0.5) is 5.69 Å². The van der Waals surface area contributed by atoms with Crippen molar-refractivity contribution in [3.8, 4) is 11.8 Å². The minimum absolute atomic E-state index is 0.104. The van der Waals surface area contributed by atoms with E-state index in [9.17, 15) is 5.26 Å². The molecule has 0 spiro atoms. The molecule has 33 heavy (non-hydrogen) atoms. The van der Waals surface area contributed by atoms with Crippen LogP contribution in [0.2, 0.25) is 5.02 Å². The van der Waals surface area contributed by atoms with E-state index in [1.807, 2.05) is 36.4 Å². The first-order valence-electron chi connectivity index (χ1n) is 11.1. The monoisotopic (exact) mass is 461 g/mol. The van der Waals surface area contributed by atoms with E-state index in [1.54, 1.807) is 7.11 Å². The maximum absolute atomic E-state index is 9.90. The lowest BCUT2D eigenvalue weighted by molar-refractivity contribution is 0.146. The van der Waals surface area contributed by atoms with Crippen molar-refractivity contribution in [1.82, 2.24) is 4.90 Å². The molecular formula is C27H28ClN3O2. The van der Waals surface area contributed by atoms with Crippen molar-refractivity contribution in [2.75, 3.05) is 44.9 Å². The van der Waals surface area contributed by atoms with Gasteiger partial charge in [0, 0.05) is 38.3 Å². The highest BCUT2D eigenvalue weighted by Gasteiger charge is 2.30. The summed E-state index contributed by atoms with van der Waals surface area (Å²) in [6.07, 6.45) is 0. The maximum Gasteiger partial charge on any atom is 0.120 e. The lowest BCUT2D eigenvalue weighted by Gasteiger charge is -2.43. The summed E-state index contributed by atoms with van der Waals surface area (Å²) < 4.78 is 10.8. The van der Waals surface area contributed by atoms with Gasteiger partial charge < -0.3 is 14.4 Å². The molecule has 0 radical (unpaired) electrons. The SMILES string of the molecule is COCCOc1ccc(N2CCN(Cc3ccccc3)C[C@H]2c2ccc(Cl)cc2)c(C#N)c1. The molecule has 1 saturated heterocycles. The number of anilines is 1. The topological polar surface area (TPSA) is 48.7 Å². The molecule has 1 fully saturated rings. The zero-order chi connectivity index (χ0) is 23.0. The number of hydrogen-bond acceptors (Lipinski definition) is 5. The van der Waals surface area contributed by atoms with Crippen LogP contribution in [-0.2, 0) is 11.3 Å². The summed E-state index contributed by atoms with van der Waals surface area (Å²) in [7, 11) is 1.64. The van der Waals surface area contributed by atoms with Gasteiger partial charge in [0.1, 0.15) is 18.4 Å². The van der Waals surface area contributed by atoms with Gasteiger partial charge in [0.05, 0.1) is 23.9 Å². The highest BCUT2D eigenvalue weighted by atomic mass is 35.5. The number of nitriles is 1. The van der Waals surface area contributed by atoms with E-state index in [-0.39, 0.29) is 6.04 Å². The summed E-state index contributed by atoms with van der Waals surface area (Å²) in [5, 5.41) is 10.6. The highest BCUT2D eigenvalue weighted by molar-refractivity contribution is 6.30. The van der Waals surface area contributed by atoms with Gasteiger partial charge in [0.2, 0.25) is 0 Å². The van der Waals surface area contributed by atoms with Crippen LogP contribution in [0.1, 0.15) is 22.7 Å². The van der Waals surface area contributed by atoms with Crippen LogP contribution in [0.5, 0.6) is 5.75 Å². The second kappa shape index (κ2) is 11.2. The Bertz CT molecular complexity index is 1080. The van der Waals surface area contributed by atoms with Gasteiger partial charge in [-0.05, 0) is 41.5 Å². The zero-order valence-corrected chi connectivity index (χ0v) is 19.5. The van der Waals surface area contributed by atoms with Crippen LogP contribution in [-0.4, -0.2) is 44.9 Å². The summed E-state index contributed by atoms with van der Waals surface area (Å²) in [5.41, 5.74) is 4.02. The van der Waals surface area contributed by atoms with E-state index in [2.05, 4.69) is 52.3 Å². The largest absolute Gasteiger partial charge is 0.491 e. The molecule has 1 aliphatic rings. The van der Waals surface area contributed by atoms with E-state index in [0.29, 0.717) is 24.5 Å². The number of nitrogens with zero attached hydrogens (tertiary/aromatic N) is 3. The van der Waals surface area contributed by atoms with Crippen LogP contribution in [0.15, 0.2) is 72.8 Å². The molecule has 3 aromatic carbocycles. The average Bonchev–Trinajstić information content (AvgIpc) is 2.85. The second-order valence-corrected chi connectivity index (χ2v) is 8.55. The molecule has 0 aromatic heterocycles. The van der Waals surface area contributed by atoms with E-state index < -0.39 is 0 Å². The Kier molecular flexibility index (Phi) is 7.85. The Morgan fingerprint density at radius 3 is 2.52 bits per heavy atom. The molecule has 5 nitrogen and oxygen atoms in total. The van der Waals surface area contributed by atoms with Gasteiger partial charge >= 0.3 is 0 Å². The van der Waals surface area contributed by atoms with Crippen molar-refractivity contribution in [1.29, 1.82) is 5.26 Å². The van der Waals surface area contributed by atoms with Gasteiger partial charge in [-0.2, -0.15) is 5.26 Å². The van der Waals surface area contributed by atoms with Gasteiger partial charge in [0.15, 0.2) is 0 Å². The summed E-state index contributed by atoms with van der Waals surface area (Å²) in [5.74, 6) is 0.679.